The third kappa shape index (κ3) is 19.0. The highest BCUT2D eigenvalue weighted by Crippen LogP contribution is 2.29. The minimum atomic E-state index is -1.37. The minimum absolute atomic E-state index is 0.0151. The van der Waals surface area contributed by atoms with Crippen molar-refractivity contribution in [1.29, 1.82) is 0 Å². The molecule has 0 radical (unpaired) electrons. The molecule has 17 nitrogen and oxygen atoms in total. The maximum atomic E-state index is 13.7. The number of hydrogen-bond acceptors (Lipinski definition) is 10. The van der Waals surface area contributed by atoms with Gasteiger partial charge in [0.2, 0.25) is 29.5 Å². The fourth-order valence-corrected chi connectivity index (χ4v) is 8.24. The van der Waals surface area contributed by atoms with Crippen molar-refractivity contribution >= 4 is 52.8 Å². The first kappa shape index (κ1) is 50.7. The highest BCUT2D eigenvalue weighted by Gasteiger charge is 2.38. The van der Waals surface area contributed by atoms with Gasteiger partial charge < -0.3 is 44.2 Å². The van der Waals surface area contributed by atoms with Crippen LogP contribution in [0.2, 0.25) is 0 Å². The third-order valence-electron chi connectivity index (χ3n) is 11.4. The second-order valence-electron chi connectivity index (χ2n) is 17.6. The summed E-state index contributed by atoms with van der Waals surface area (Å²) in [5.41, 5.74) is 27.8. The number of ketones is 3. The summed E-state index contributed by atoms with van der Waals surface area (Å²) in [5, 5.41) is 5.37. The summed E-state index contributed by atoms with van der Waals surface area (Å²) in [5.74, 6) is -4.79. The van der Waals surface area contributed by atoms with Crippen molar-refractivity contribution in [2.24, 2.45) is 63.3 Å². The van der Waals surface area contributed by atoms with E-state index in [2.05, 4.69) is 15.6 Å². The Morgan fingerprint density at radius 3 is 1.93 bits per heavy atom. The van der Waals surface area contributed by atoms with Crippen LogP contribution in [0.1, 0.15) is 143 Å². The number of nitrogens with one attached hydrogen (secondary N) is 2. The first-order valence-electron chi connectivity index (χ1n) is 21.7. The van der Waals surface area contributed by atoms with Crippen molar-refractivity contribution in [2.75, 3.05) is 13.1 Å². The minimum Gasteiger partial charge on any atom is -0.370 e. The summed E-state index contributed by atoms with van der Waals surface area (Å²) < 4.78 is 0. The van der Waals surface area contributed by atoms with E-state index in [0.29, 0.717) is 44.4 Å². The van der Waals surface area contributed by atoms with Crippen LogP contribution in [0.25, 0.3) is 0 Å². The monoisotopic (exact) mass is 832 g/mol. The maximum Gasteiger partial charge on any atom is 0.240 e. The molecular formula is C42H73N9O8. The van der Waals surface area contributed by atoms with E-state index < -0.39 is 71.8 Å². The molecule has 0 unspecified atom stereocenters. The number of nitrogens with zero attached hydrogens (tertiary/aromatic N) is 2. The van der Waals surface area contributed by atoms with Gasteiger partial charge in [0.25, 0.3) is 0 Å². The summed E-state index contributed by atoms with van der Waals surface area (Å²) in [4.78, 5) is 110. The number of rotatable bonds is 28. The van der Waals surface area contributed by atoms with Gasteiger partial charge >= 0.3 is 0 Å². The molecule has 17 heteroatoms. The molecule has 1 saturated carbocycles. The van der Waals surface area contributed by atoms with Crippen LogP contribution in [0.3, 0.4) is 0 Å². The molecule has 6 atom stereocenters. The Kier molecular flexibility index (Phi) is 22.3. The molecule has 1 aliphatic carbocycles. The molecule has 0 spiro atoms. The summed E-state index contributed by atoms with van der Waals surface area (Å²) in [6.45, 7) is 8.32. The molecule has 334 valence electrons. The van der Waals surface area contributed by atoms with Crippen molar-refractivity contribution in [3.8, 4) is 0 Å². The SMILES string of the molecule is CC(C)C[C@H](CC(=O)CCC1CCCCC1)C(=O)N[C@@H](CC(C)C)C(=O)CC[C@H](N)C(=O)N1CCC[C@H]1C(=O)C[C@@H](CCCN=C(N)N)C(=O)N[C@@H](CC(N)=O)C(N)=O. The first-order valence-corrected chi connectivity index (χ1v) is 21.7. The van der Waals surface area contributed by atoms with Gasteiger partial charge in [-0.3, -0.25) is 43.3 Å². The topological polar surface area (TPSA) is 306 Å². The lowest BCUT2D eigenvalue weighted by molar-refractivity contribution is -0.140. The largest absolute Gasteiger partial charge is 0.370 e. The maximum absolute atomic E-state index is 13.7. The van der Waals surface area contributed by atoms with Crippen molar-refractivity contribution < 1.29 is 38.4 Å². The number of aliphatic imine (C=N–C) groups is 1. The predicted molar refractivity (Wildman–Crippen MR) is 225 cm³/mol. The van der Waals surface area contributed by atoms with E-state index in [-0.39, 0.29) is 80.5 Å². The quantitative estimate of drug-likeness (QED) is 0.0338. The van der Waals surface area contributed by atoms with Crippen LogP contribution < -0.4 is 39.3 Å². The Hall–Kier alpha value is -4.41. The molecule has 1 saturated heterocycles. The number of Topliss-reactive ketones (excluding diaryl/α,β-unsaturated/α-hetero) is 3. The van der Waals surface area contributed by atoms with Gasteiger partial charge in [0.05, 0.1) is 24.5 Å². The van der Waals surface area contributed by atoms with Gasteiger partial charge in [0, 0.05) is 50.6 Å². The Morgan fingerprint density at radius 2 is 1.34 bits per heavy atom. The van der Waals surface area contributed by atoms with Gasteiger partial charge in [-0.05, 0) is 69.1 Å². The van der Waals surface area contributed by atoms with Crippen LogP contribution in [-0.4, -0.2) is 95.0 Å². The van der Waals surface area contributed by atoms with E-state index in [4.69, 9.17) is 28.7 Å². The van der Waals surface area contributed by atoms with Crippen LogP contribution in [0.5, 0.6) is 0 Å². The fraction of sp³-hybridized carbons (Fsp3) is 0.786. The second-order valence-corrected chi connectivity index (χ2v) is 17.6. The zero-order valence-corrected chi connectivity index (χ0v) is 35.9. The average Bonchev–Trinajstić information content (AvgIpc) is 3.66. The molecule has 59 heavy (non-hydrogen) atoms. The molecule has 1 heterocycles. The number of carbonyl (C=O) groups excluding carboxylic acids is 8. The van der Waals surface area contributed by atoms with Gasteiger partial charge in [-0.1, -0.05) is 59.8 Å². The lowest BCUT2D eigenvalue weighted by atomic mass is 9.84. The molecular weight excluding hydrogens is 759 g/mol. The molecule has 5 amide bonds. The zero-order valence-electron chi connectivity index (χ0n) is 35.9. The lowest BCUT2D eigenvalue weighted by Crippen LogP contribution is -2.51. The first-order chi connectivity index (χ1) is 27.8. The third-order valence-corrected chi connectivity index (χ3v) is 11.4. The second kappa shape index (κ2) is 25.9. The molecule has 1 aliphatic heterocycles. The Labute approximate surface area is 349 Å². The summed E-state index contributed by atoms with van der Waals surface area (Å²) in [7, 11) is 0. The fourth-order valence-electron chi connectivity index (χ4n) is 8.24. The average molecular weight is 832 g/mol. The Balaban J connectivity index is 2.08. The number of amides is 5. The number of primary amides is 2. The summed E-state index contributed by atoms with van der Waals surface area (Å²) in [6.07, 6.45) is 8.71. The normalized spacial score (nSPS) is 18.4. The van der Waals surface area contributed by atoms with Crippen LogP contribution >= 0.6 is 0 Å². The van der Waals surface area contributed by atoms with E-state index in [9.17, 15) is 38.4 Å². The Bertz CT molecular complexity index is 1480. The number of nitrogens with two attached hydrogens (primary N) is 5. The molecule has 0 aromatic carbocycles. The number of carbonyl (C=O) groups is 8. The smallest absolute Gasteiger partial charge is 0.240 e. The lowest BCUT2D eigenvalue weighted by Gasteiger charge is -2.28. The van der Waals surface area contributed by atoms with Gasteiger partial charge in [0.1, 0.15) is 11.8 Å². The van der Waals surface area contributed by atoms with E-state index >= 15 is 0 Å². The number of likely N-dealkylation sites (tertiary alicyclic amines) is 1. The van der Waals surface area contributed by atoms with Gasteiger partial charge in [-0.25, -0.2) is 0 Å². The molecule has 2 fully saturated rings. The van der Waals surface area contributed by atoms with Gasteiger partial charge in [0.15, 0.2) is 17.5 Å². The van der Waals surface area contributed by atoms with Crippen LogP contribution in [0, 0.1) is 29.6 Å². The van der Waals surface area contributed by atoms with Gasteiger partial charge in [-0.15, -0.1) is 0 Å². The molecule has 2 rings (SSSR count). The molecule has 2 aliphatic rings. The standard InChI is InChI=1S/C42H73N9O8/c1-25(2)20-29(22-30(52)15-14-27-10-6-5-7-11-27)40(58)49-32(21-26(3)4)35(53)17-16-31(43)41(59)51-19-9-13-34(51)36(54)23-28(12-8-18-48-42(46)47)39(57)50-33(38(45)56)24-37(44)55/h25-29,31-34H,5-24,43H2,1-4H3,(H2,44,55)(H2,45,56)(H,49,58)(H,50,57)(H4,46,47,48)/t28-,29-,31+,32+,33+,34+/m1/s1. The molecule has 0 aromatic heterocycles. The van der Waals surface area contributed by atoms with Crippen molar-refractivity contribution in [3.63, 3.8) is 0 Å². The highest BCUT2D eigenvalue weighted by molar-refractivity contribution is 5.96. The van der Waals surface area contributed by atoms with Crippen LogP contribution in [0.15, 0.2) is 4.99 Å². The summed E-state index contributed by atoms with van der Waals surface area (Å²) >= 11 is 0. The zero-order chi connectivity index (χ0) is 44.2. The Morgan fingerprint density at radius 1 is 0.712 bits per heavy atom. The van der Waals surface area contributed by atoms with E-state index in [0.717, 1.165) is 19.3 Å². The van der Waals surface area contributed by atoms with Crippen molar-refractivity contribution in [2.45, 2.75) is 167 Å². The van der Waals surface area contributed by atoms with Crippen LogP contribution in [-0.2, 0) is 38.4 Å². The highest BCUT2D eigenvalue weighted by atomic mass is 16.2. The predicted octanol–water partition coefficient (Wildman–Crippen LogP) is 1.64. The molecule has 0 aromatic rings. The van der Waals surface area contributed by atoms with Crippen LogP contribution in [0.4, 0.5) is 0 Å². The van der Waals surface area contributed by atoms with E-state index in [1.54, 1.807) is 0 Å². The summed E-state index contributed by atoms with van der Waals surface area (Å²) in [6, 6.07) is -4.17. The van der Waals surface area contributed by atoms with Gasteiger partial charge in [-0.2, -0.15) is 0 Å². The van der Waals surface area contributed by atoms with E-state index in [1.165, 1.54) is 24.2 Å². The van der Waals surface area contributed by atoms with E-state index in [1.807, 2.05) is 27.7 Å². The molecule has 0 bridgehead atoms. The number of hydrogen-bond donors (Lipinski definition) is 7. The van der Waals surface area contributed by atoms with Crippen molar-refractivity contribution in [3.05, 3.63) is 0 Å². The van der Waals surface area contributed by atoms with Crippen molar-refractivity contribution in [1.82, 2.24) is 15.5 Å². The molecule has 12 N–H and O–H groups in total. The number of guanidine groups is 1.